The average molecular weight is 205 g/mol. The number of hydrogen-bond donors (Lipinski definition) is 1. The molecule has 64 valence electrons. The van der Waals surface area contributed by atoms with Crippen LogP contribution in [-0.4, -0.2) is 15.1 Å². The highest BCUT2D eigenvalue weighted by Gasteiger charge is 2.13. The van der Waals surface area contributed by atoms with E-state index < -0.39 is 6.10 Å². The summed E-state index contributed by atoms with van der Waals surface area (Å²) in [6, 6.07) is 0. The lowest BCUT2D eigenvalue weighted by molar-refractivity contribution is 0.228. The molecule has 1 N–H and O–H groups in total. The molecule has 0 aliphatic rings. The van der Waals surface area contributed by atoms with Gasteiger partial charge >= 0.3 is 0 Å². The molecule has 0 saturated heterocycles. The van der Waals surface area contributed by atoms with Crippen LogP contribution in [0.1, 0.15) is 11.7 Å². The monoisotopic (exact) mass is 204 g/mol. The lowest BCUT2D eigenvalue weighted by Crippen LogP contribution is -1.98. The number of nitrogens with zero attached hydrogens (tertiary/aromatic N) is 2. The fraction of sp³-hybridized carbons (Fsp3) is 0.143. The fourth-order valence-corrected chi connectivity index (χ4v) is 1.25. The molecule has 0 fully saturated rings. The highest BCUT2D eigenvalue weighted by Crippen LogP contribution is 2.26. The quantitative estimate of drug-likeness (QED) is 0.593. The second kappa shape index (κ2) is 3.85. The molecule has 0 spiro atoms. The molecule has 1 atom stereocenters. The van der Waals surface area contributed by atoms with Crippen LogP contribution in [0.4, 0.5) is 0 Å². The van der Waals surface area contributed by atoms with E-state index in [-0.39, 0.29) is 15.9 Å². The lowest BCUT2D eigenvalue weighted by atomic mass is 10.2. The highest BCUT2D eigenvalue weighted by atomic mass is 35.5. The second-order valence-corrected chi connectivity index (χ2v) is 2.77. The topological polar surface area (TPSA) is 46.0 Å². The van der Waals surface area contributed by atoms with Crippen LogP contribution in [0.15, 0.2) is 19.0 Å². The minimum absolute atomic E-state index is 0.141. The van der Waals surface area contributed by atoms with Crippen LogP contribution in [0, 0.1) is 0 Å². The zero-order chi connectivity index (χ0) is 9.14. The Bertz CT molecular complexity index is 283. The van der Waals surface area contributed by atoms with Crippen LogP contribution in [0.2, 0.25) is 10.3 Å². The lowest BCUT2D eigenvalue weighted by Gasteiger charge is -2.07. The molecule has 0 aliphatic carbocycles. The third-order valence-corrected chi connectivity index (χ3v) is 1.91. The first kappa shape index (κ1) is 9.45. The number of aliphatic hydroxyl groups excluding tert-OH is 1. The molecule has 1 aromatic rings. The Labute approximate surface area is 79.7 Å². The van der Waals surface area contributed by atoms with Gasteiger partial charge in [0.05, 0.1) is 5.56 Å². The molecular weight excluding hydrogens is 199 g/mol. The molecule has 0 amide bonds. The first-order valence-electron chi connectivity index (χ1n) is 3.13. The fourth-order valence-electron chi connectivity index (χ4n) is 0.716. The maximum Gasteiger partial charge on any atom is 0.140 e. The zero-order valence-corrected chi connectivity index (χ0v) is 7.55. The van der Waals surface area contributed by atoms with Crippen LogP contribution < -0.4 is 0 Å². The summed E-state index contributed by atoms with van der Waals surface area (Å²) in [7, 11) is 0. The summed E-state index contributed by atoms with van der Waals surface area (Å²) in [5.74, 6) is 0. The van der Waals surface area contributed by atoms with Crippen molar-refractivity contribution in [2.75, 3.05) is 0 Å². The number of aromatic nitrogens is 2. The Morgan fingerprint density at radius 2 is 1.92 bits per heavy atom. The van der Waals surface area contributed by atoms with Gasteiger partial charge < -0.3 is 5.11 Å². The van der Waals surface area contributed by atoms with E-state index in [4.69, 9.17) is 23.2 Å². The number of halogens is 2. The van der Waals surface area contributed by atoms with E-state index in [1.807, 2.05) is 0 Å². The third-order valence-electron chi connectivity index (χ3n) is 1.31. The molecule has 0 radical (unpaired) electrons. The zero-order valence-electron chi connectivity index (χ0n) is 6.04. The van der Waals surface area contributed by atoms with Gasteiger partial charge in [-0.15, -0.1) is 6.58 Å². The molecule has 0 saturated carbocycles. The van der Waals surface area contributed by atoms with Gasteiger partial charge in [-0.3, -0.25) is 0 Å². The molecule has 0 aromatic carbocycles. The summed E-state index contributed by atoms with van der Waals surface area (Å²) in [6.07, 6.45) is 1.60. The highest BCUT2D eigenvalue weighted by molar-refractivity contribution is 6.34. The minimum atomic E-state index is -0.925. The van der Waals surface area contributed by atoms with Gasteiger partial charge in [-0.05, 0) is 0 Å². The molecule has 1 heterocycles. The largest absolute Gasteiger partial charge is 0.384 e. The normalized spacial score (nSPS) is 12.6. The first-order valence-corrected chi connectivity index (χ1v) is 3.89. The van der Waals surface area contributed by atoms with Crippen molar-refractivity contribution in [1.29, 1.82) is 0 Å². The number of rotatable bonds is 2. The summed E-state index contributed by atoms with van der Waals surface area (Å²) in [4.78, 5) is 7.34. The van der Waals surface area contributed by atoms with Crippen molar-refractivity contribution < 1.29 is 5.11 Å². The molecule has 0 bridgehead atoms. The van der Waals surface area contributed by atoms with Crippen molar-refractivity contribution in [2.24, 2.45) is 0 Å². The van der Waals surface area contributed by atoms with Crippen LogP contribution in [0.3, 0.4) is 0 Å². The molecule has 1 unspecified atom stereocenters. The van der Waals surface area contributed by atoms with Gasteiger partial charge in [0, 0.05) is 0 Å². The summed E-state index contributed by atoms with van der Waals surface area (Å²) in [6.45, 7) is 3.40. The number of hydrogen-bond acceptors (Lipinski definition) is 3. The van der Waals surface area contributed by atoms with E-state index in [9.17, 15) is 5.11 Å². The van der Waals surface area contributed by atoms with Gasteiger partial charge in [-0.25, -0.2) is 9.97 Å². The Morgan fingerprint density at radius 3 is 2.33 bits per heavy atom. The van der Waals surface area contributed by atoms with Gasteiger partial charge in [-0.2, -0.15) is 0 Å². The predicted molar refractivity (Wildman–Crippen MR) is 47.2 cm³/mol. The van der Waals surface area contributed by atoms with Crippen LogP contribution in [0.5, 0.6) is 0 Å². The molecule has 1 aromatic heterocycles. The van der Waals surface area contributed by atoms with Gasteiger partial charge in [0.1, 0.15) is 22.7 Å². The minimum Gasteiger partial charge on any atom is -0.384 e. The number of aliphatic hydroxyl groups is 1. The van der Waals surface area contributed by atoms with Crippen molar-refractivity contribution in [3.63, 3.8) is 0 Å². The van der Waals surface area contributed by atoms with E-state index in [0.717, 1.165) is 0 Å². The Kier molecular flexibility index (Phi) is 3.03. The van der Waals surface area contributed by atoms with Crippen LogP contribution in [0.25, 0.3) is 0 Å². The van der Waals surface area contributed by atoms with Crippen LogP contribution >= 0.6 is 23.2 Å². The molecule has 1 rings (SSSR count). The SMILES string of the molecule is C=CC(O)c1c(Cl)ncnc1Cl. The Hall–Kier alpha value is -0.640. The van der Waals surface area contributed by atoms with Gasteiger partial charge in [0.15, 0.2) is 0 Å². The maximum atomic E-state index is 9.32. The van der Waals surface area contributed by atoms with Gasteiger partial charge in [0.25, 0.3) is 0 Å². The second-order valence-electron chi connectivity index (χ2n) is 2.05. The van der Waals surface area contributed by atoms with E-state index >= 15 is 0 Å². The first-order chi connectivity index (χ1) is 5.66. The molecular formula is C7H6Cl2N2O. The van der Waals surface area contributed by atoms with Crippen molar-refractivity contribution in [1.82, 2.24) is 9.97 Å². The van der Waals surface area contributed by atoms with Crippen LogP contribution in [-0.2, 0) is 0 Å². The Morgan fingerprint density at radius 1 is 1.42 bits per heavy atom. The van der Waals surface area contributed by atoms with Gasteiger partial charge in [-0.1, -0.05) is 29.3 Å². The predicted octanol–water partition coefficient (Wildman–Crippen LogP) is 2.00. The van der Waals surface area contributed by atoms with Crippen molar-refractivity contribution in [3.05, 3.63) is 34.9 Å². The van der Waals surface area contributed by atoms with E-state index in [1.54, 1.807) is 0 Å². The summed E-state index contributed by atoms with van der Waals surface area (Å²) < 4.78 is 0. The summed E-state index contributed by atoms with van der Waals surface area (Å²) in [5, 5.41) is 9.61. The maximum absolute atomic E-state index is 9.32. The standard InChI is InChI=1S/C7H6Cl2N2O/c1-2-4(12)5-6(8)10-3-11-7(5)9/h2-4,12H,1H2. The summed E-state index contributed by atoms with van der Waals surface area (Å²) >= 11 is 11.3. The van der Waals surface area contributed by atoms with E-state index in [1.165, 1.54) is 12.4 Å². The smallest absolute Gasteiger partial charge is 0.140 e. The van der Waals surface area contributed by atoms with E-state index in [0.29, 0.717) is 0 Å². The van der Waals surface area contributed by atoms with Gasteiger partial charge in [0.2, 0.25) is 0 Å². The van der Waals surface area contributed by atoms with Crippen molar-refractivity contribution in [3.8, 4) is 0 Å². The van der Waals surface area contributed by atoms with Crippen molar-refractivity contribution >= 4 is 23.2 Å². The van der Waals surface area contributed by atoms with Crippen molar-refractivity contribution in [2.45, 2.75) is 6.10 Å². The van der Waals surface area contributed by atoms with E-state index in [2.05, 4.69) is 16.5 Å². The third kappa shape index (κ3) is 1.75. The Balaban J connectivity index is 3.20. The average Bonchev–Trinajstić information content (AvgIpc) is 2.03. The molecule has 3 nitrogen and oxygen atoms in total. The molecule has 5 heteroatoms. The summed E-state index contributed by atoms with van der Waals surface area (Å²) in [5.41, 5.74) is 0.288. The molecule has 12 heavy (non-hydrogen) atoms. The molecule has 0 aliphatic heterocycles.